The Bertz CT molecular complexity index is 1530. The lowest BCUT2D eigenvalue weighted by atomic mass is 9.92. The van der Waals surface area contributed by atoms with Crippen molar-refractivity contribution in [3.8, 4) is 0 Å². The summed E-state index contributed by atoms with van der Waals surface area (Å²) in [6, 6.07) is 10.2. The zero-order valence-electron chi connectivity index (χ0n) is 23.9. The number of likely N-dealkylation sites (tertiary alicyclic amines) is 1. The lowest BCUT2D eigenvalue weighted by Crippen LogP contribution is -2.52. The molecule has 4 amide bonds. The Kier molecular flexibility index (Phi) is 8.21. The molecule has 1 saturated heterocycles. The van der Waals surface area contributed by atoms with Gasteiger partial charge in [-0.15, -0.1) is 0 Å². The molecule has 3 aliphatic rings. The molecule has 2 aromatic carbocycles. The molecule has 234 valence electrons. The number of benzene rings is 2. The molecule has 1 fully saturated rings. The number of piperidine rings is 1. The molecule has 0 unspecified atom stereocenters. The molecule has 8 nitrogen and oxygen atoms in total. The molecule has 3 aromatic rings. The number of fused-ring (bicyclic) bond motifs is 2. The average molecular weight is 617 g/mol. The summed E-state index contributed by atoms with van der Waals surface area (Å²) in [5.41, 5.74) is 1.86. The summed E-state index contributed by atoms with van der Waals surface area (Å²) in [6.07, 6.45) is -2.14. The van der Waals surface area contributed by atoms with E-state index < -0.39 is 36.2 Å². The van der Waals surface area contributed by atoms with Gasteiger partial charge in [0, 0.05) is 55.7 Å². The number of amides is 4. The Balaban J connectivity index is 1.14. The number of rotatable bonds is 4. The number of para-hydroxylation sites is 1. The van der Waals surface area contributed by atoms with E-state index >= 15 is 0 Å². The highest BCUT2D eigenvalue weighted by Crippen LogP contribution is 2.36. The van der Waals surface area contributed by atoms with Crippen LogP contribution in [0, 0.1) is 11.6 Å². The standard InChI is InChI=1S/C31H33F5N6O2/c32-24-6-3-5-23(27(24)33)20-8-9-26(28-37-17-22(42(28)18-20)16-31(34,35)36)39-29(43)40-13-11-21(12-14-40)41-15-10-19-4-1-2-7-25(19)38-30(41)44/h1-7,17,20-21,26H,8-16,18H2,(H,38,44)(H,39,43)/t20-,26-/m1/s1. The zero-order chi connectivity index (χ0) is 31.0. The van der Waals surface area contributed by atoms with E-state index in [0.29, 0.717) is 38.9 Å². The van der Waals surface area contributed by atoms with Crippen LogP contribution in [-0.4, -0.2) is 63.3 Å². The average Bonchev–Trinajstić information content (AvgIpc) is 3.16. The van der Waals surface area contributed by atoms with E-state index in [2.05, 4.69) is 15.6 Å². The zero-order valence-corrected chi connectivity index (χ0v) is 23.9. The fraction of sp³-hybridized carbons (Fsp3) is 0.452. The van der Waals surface area contributed by atoms with Gasteiger partial charge in [0.2, 0.25) is 0 Å². The van der Waals surface area contributed by atoms with Gasteiger partial charge >= 0.3 is 18.2 Å². The highest BCUT2D eigenvalue weighted by Gasteiger charge is 2.36. The summed E-state index contributed by atoms with van der Waals surface area (Å²) in [7, 11) is 0. The van der Waals surface area contributed by atoms with Gasteiger partial charge in [0.05, 0.1) is 12.5 Å². The topological polar surface area (TPSA) is 82.5 Å². The molecule has 0 saturated carbocycles. The molecule has 0 bridgehead atoms. The number of nitrogens with zero attached hydrogens (tertiary/aromatic N) is 4. The van der Waals surface area contributed by atoms with Crippen LogP contribution in [-0.2, 0) is 19.4 Å². The Hall–Kier alpha value is -4.16. The maximum absolute atomic E-state index is 14.7. The van der Waals surface area contributed by atoms with Crippen LogP contribution in [0.5, 0.6) is 0 Å². The van der Waals surface area contributed by atoms with Crippen LogP contribution in [0.25, 0.3) is 0 Å². The van der Waals surface area contributed by atoms with E-state index in [1.807, 2.05) is 29.2 Å². The van der Waals surface area contributed by atoms with Gasteiger partial charge in [0.25, 0.3) is 0 Å². The minimum Gasteiger partial charge on any atom is -0.329 e. The van der Waals surface area contributed by atoms with E-state index in [4.69, 9.17) is 0 Å². The number of anilines is 1. The number of imidazole rings is 1. The van der Waals surface area contributed by atoms with Crippen LogP contribution in [0.1, 0.15) is 60.3 Å². The maximum Gasteiger partial charge on any atom is 0.394 e. The first-order chi connectivity index (χ1) is 21.1. The van der Waals surface area contributed by atoms with Crippen molar-refractivity contribution in [3.63, 3.8) is 0 Å². The summed E-state index contributed by atoms with van der Waals surface area (Å²) in [4.78, 5) is 34.1. The molecule has 2 N–H and O–H groups in total. The van der Waals surface area contributed by atoms with Crippen LogP contribution in [0.2, 0.25) is 0 Å². The number of alkyl halides is 3. The Labute approximate surface area is 251 Å². The van der Waals surface area contributed by atoms with E-state index in [0.717, 1.165) is 29.9 Å². The molecular formula is C31H33F5N6O2. The second-order valence-corrected chi connectivity index (χ2v) is 11.7. The highest BCUT2D eigenvalue weighted by atomic mass is 19.4. The first-order valence-electron chi connectivity index (χ1n) is 14.8. The van der Waals surface area contributed by atoms with Crippen molar-refractivity contribution in [2.24, 2.45) is 0 Å². The van der Waals surface area contributed by atoms with Crippen LogP contribution >= 0.6 is 0 Å². The van der Waals surface area contributed by atoms with Crippen LogP contribution < -0.4 is 10.6 Å². The monoisotopic (exact) mass is 616 g/mol. The minimum absolute atomic E-state index is 0.0271. The summed E-state index contributed by atoms with van der Waals surface area (Å²) in [5.74, 6) is -2.41. The van der Waals surface area contributed by atoms with Crippen molar-refractivity contribution in [3.05, 3.63) is 82.9 Å². The molecule has 0 aliphatic carbocycles. The summed E-state index contributed by atoms with van der Waals surface area (Å²) in [6.45, 7) is 1.33. The first kappa shape index (κ1) is 29.9. The molecule has 13 heteroatoms. The molecule has 6 rings (SSSR count). The number of aromatic nitrogens is 2. The fourth-order valence-electron chi connectivity index (χ4n) is 6.66. The van der Waals surface area contributed by atoms with Crippen molar-refractivity contribution < 1.29 is 31.5 Å². The molecule has 0 spiro atoms. The number of halogens is 5. The minimum atomic E-state index is -4.50. The third kappa shape index (κ3) is 6.22. The number of carbonyl (C=O) groups is 2. The van der Waals surface area contributed by atoms with E-state index in [1.54, 1.807) is 4.90 Å². The van der Waals surface area contributed by atoms with E-state index in [9.17, 15) is 31.5 Å². The Morgan fingerprint density at radius 3 is 2.55 bits per heavy atom. The third-order valence-corrected chi connectivity index (χ3v) is 8.92. The van der Waals surface area contributed by atoms with Gasteiger partial charge < -0.3 is 25.0 Å². The molecule has 0 radical (unpaired) electrons. The molecule has 1 aromatic heterocycles. The van der Waals surface area contributed by atoms with Crippen LogP contribution in [0.3, 0.4) is 0 Å². The number of hydrogen-bond acceptors (Lipinski definition) is 3. The first-order valence-corrected chi connectivity index (χ1v) is 14.8. The molecular weight excluding hydrogens is 583 g/mol. The third-order valence-electron chi connectivity index (χ3n) is 8.92. The van der Waals surface area contributed by atoms with Crippen molar-refractivity contribution in [1.82, 2.24) is 24.7 Å². The number of carbonyl (C=O) groups excluding carboxylic acids is 2. The van der Waals surface area contributed by atoms with Gasteiger partial charge in [-0.3, -0.25) is 0 Å². The van der Waals surface area contributed by atoms with Crippen LogP contribution in [0.4, 0.5) is 37.2 Å². The molecule has 3 aliphatic heterocycles. The number of hydrogen-bond donors (Lipinski definition) is 2. The predicted molar refractivity (Wildman–Crippen MR) is 152 cm³/mol. The molecule has 2 atom stereocenters. The Morgan fingerprint density at radius 2 is 1.77 bits per heavy atom. The smallest absolute Gasteiger partial charge is 0.329 e. The van der Waals surface area contributed by atoms with E-state index in [1.165, 1.54) is 16.7 Å². The quantitative estimate of drug-likeness (QED) is 0.345. The maximum atomic E-state index is 14.7. The van der Waals surface area contributed by atoms with Gasteiger partial charge in [-0.05, 0) is 55.4 Å². The fourth-order valence-corrected chi connectivity index (χ4v) is 6.66. The number of nitrogens with one attached hydrogen (secondary N) is 2. The molecule has 4 heterocycles. The second-order valence-electron chi connectivity index (χ2n) is 11.7. The van der Waals surface area contributed by atoms with Crippen molar-refractivity contribution in [2.75, 3.05) is 25.0 Å². The predicted octanol–water partition coefficient (Wildman–Crippen LogP) is 6.15. The Morgan fingerprint density at radius 1 is 1.00 bits per heavy atom. The largest absolute Gasteiger partial charge is 0.394 e. The second kappa shape index (κ2) is 12.1. The summed E-state index contributed by atoms with van der Waals surface area (Å²) >= 11 is 0. The summed E-state index contributed by atoms with van der Waals surface area (Å²) in [5, 5.41) is 5.93. The SMILES string of the molecule is O=C(N[C@@H]1CC[C@@H](c2cccc(F)c2F)Cn2c(CC(F)(F)F)cnc21)N1CCC(N2CCc3ccccc3NC2=O)CC1. The van der Waals surface area contributed by atoms with Gasteiger partial charge in [-0.2, -0.15) is 13.2 Å². The van der Waals surface area contributed by atoms with Gasteiger partial charge in [-0.1, -0.05) is 30.3 Å². The number of urea groups is 2. The van der Waals surface area contributed by atoms with Crippen molar-refractivity contribution >= 4 is 17.7 Å². The normalized spacial score (nSPS) is 21.2. The summed E-state index contributed by atoms with van der Waals surface area (Å²) < 4.78 is 70.4. The molecule has 44 heavy (non-hydrogen) atoms. The van der Waals surface area contributed by atoms with Gasteiger partial charge in [0.1, 0.15) is 5.82 Å². The van der Waals surface area contributed by atoms with Crippen molar-refractivity contribution in [2.45, 2.75) is 69.2 Å². The van der Waals surface area contributed by atoms with Gasteiger partial charge in [-0.25, -0.2) is 23.4 Å². The van der Waals surface area contributed by atoms with Gasteiger partial charge in [0.15, 0.2) is 11.6 Å². The van der Waals surface area contributed by atoms with E-state index in [-0.39, 0.29) is 48.2 Å². The lowest BCUT2D eigenvalue weighted by Gasteiger charge is -2.38. The lowest BCUT2D eigenvalue weighted by molar-refractivity contribution is -0.128. The van der Waals surface area contributed by atoms with Crippen LogP contribution in [0.15, 0.2) is 48.7 Å². The highest BCUT2D eigenvalue weighted by molar-refractivity contribution is 5.91. The van der Waals surface area contributed by atoms with Crippen molar-refractivity contribution in [1.29, 1.82) is 0 Å².